The van der Waals surface area contributed by atoms with Crippen LogP contribution in [0.2, 0.25) is 0 Å². The van der Waals surface area contributed by atoms with Gasteiger partial charge in [0.15, 0.2) is 0 Å². The largest absolute Gasteiger partial charge is 0.133 e. The van der Waals surface area contributed by atoms with Crippen LogP contribution in [0.25, 0.3) is 0 Å². The third kappa shape index (κ3) is 0.823. The molecule has 0 fully saturated rings. The molecule has 0 aromatic heterocycles. The van der Waals surface area contributed by atoms with Crippen LogP contribution in [0.1, 0.15) is 27.2 Å². The fourth-order valence-electron chi connectivity index (χ4n) is 1.35. The summed E-state index contributed by atoms with van der Waals surface area (Å²) in [6.45, 7) is 6.83. The van der Waals surface area contributed by atoms with E-state index in [1.54, 1.807) is 10.5 Å². The summed E-state index contributed by atoms with van der Waals surface area (Å²) in [5, 5.41) is 0. The third-order valence-corrected chi connectivity index (χ3v) is 3.68. The summed E-state index contributed by atoms with van der Waals surface area (Å²) in [7, 11) is 0. The molecule has 0 heterocycles. The van der Waals surface area contributed by atoms with E-state index in [1.165, 1.54) is 6.42 Å². The first-order valence-corrected chi connectivity index (χ1v) is 4.65. The zero-order chi connectivity index (χ0) is 7.07. The van der Waals surface area contributed by atoms with Crippen molar-refractivity contribution in [2.75, 3.05) is 6.26 Å². The Labute approximate surface area is 61.7 Å². The molecule has 0 amide bonds. The van der Waals surface area contributed by atoms with Gasteiger partial charge in [-0.3, -0.25) is 0 Å². The Kier molecular flexibility index (Phi) is 1.64. The summed E-state index contributed by atoms with van der Waals surface area (Å²) in [6, 6.07) is 0. The molecule has 0 aliphatic heterocycles. The molecule has 1 aliphatic carbocycles. The Hall–Kier alpha value is 0.0900. The first kappa shape index (κ1) is 7.20. The van der Waals surface area contributed by atoms with Crippen LogP contribution in [0.5, 0.6) is 0 Å². The van der Waals surface area contributed by atoms with Gasteiger partial charge in [0.25, 0.3) is 0 Å². The van der Waals surface area contributed by atoms with Crippen LogP contribution in [-0.2, 0) is 0 Å². The Morgan fingerprint density at radius 1 is 1.56 bits per heavy atom. The summed E-state index contributed by atoms with van der Waals surface area (Å²) >= 11 is 1.91. The van der Waals surface area contributed by atoms with Crippen molar-refractivity contribution in [3.8, 4) is 0 Å². The smallest absolute Gasteiger partial charge is 0.0198 e. The van der Waals surface area contributed by atoms with E-state index in [4.69, 9.17) is 0 Å². The minimum absolute atomic E-state index is 0.513. The number of hydrogen-bond acceptors (Lipinski definition) is 1. The highest BCUT2D eigenvalue weighted by atomic mass is 32.2. The molecule has 0 bridgehead atoms. The minimum Gasteiger partial charge on any atom is -0.133 e. The lowest BCUT2D eigenvalue weighted by atomic mass is 10.0. The van der Waals surface area contributed by atoms with Gasteiger partial charge in [0, 0.05) is 5.41 Å². The van der Waals surface area contributed by atoms with Crippen LogP contribution in [-0.4, -0.2) is 6.26 Å². The Bertz CT molecular complexity index is 158. The van der Waals surface area contributed by atoms with Crippen molar-refractivity contribution in [2.45, 2.75) is 27.2 Å². The maximum absolute atomic E-state index is 2.33. The summed E-state index contributed by atoms with van der Waals surface area (Å²) < 4.78 is 0. The van der Waals surface area contributed by atoms with Gasteiger partial charge in [-0.25, -0.2) is 0 Å². The van der Waals surface area contributed by atoms with Crippen LogP contribution >= 0.6 is 11.8 Å². The molecule has 0 aromatic carbocycles. The van der Waals surface area contributed by atoms with Gasteiger partial charge in [-0.15, -0.1) is 11.8 Å². The standard InChI is InChI=1S/C8H14S/c1-5-8(3)6(2)7(8)9-4/h5H2,1-4H3. The molecule has 0 radical (unpaired) electrons. The molecule has 1 atom stereocenters. The molecule has 0 spiro atoms. The Morgan fingerprint density at radius 2 is 2.11 bits per heavy atom. The first-order valence-electron chi connectivity index (χ1n) is 3.42. The highest BCUT2D eigenvalue weighted by Gasteiger charge is 2.43. The minimum atomic E-state index is 0.513. The van der Waals surface area contributed by atoms with E-state index in [9.17, 15) is 0 Å². The number of allylic oxidation sites excluding steroid dienone is 2. The maximum atomic E-state index is 2.33. The van der Waals surface area contributed by atoms with Gasteiger partial charge in [-0.05, 0) is 24.5 Å². The van der Waals surface area contributed by atoms with Gasteiger partial charge in [-0.1, -0.05) is 19.4 Å². The van der Waals surface area contributed by atoms with Crippen molar-refractivity contribution >= 4 is 11.8 Å². The second kappa shape index (κ2) is 2.05. The van der Waals surface area contributed by atoms with Crippen LogP contribution in [0.3, 0.4) is 0 Å². The molecule has 1 rings (SSSR count). The molecule has 0 saturated carbocycles. The first-order chi connectivity index (χ1) is 4.16. The predicted octanol–water partition coefficient (Wildman–Crippen LogP) is 3.05. The normalized spacial score (nSPS) is 33.3. The number of rotatable bonds is 2. The quantitative estimate of drug-likeness (QED) is 0.571. The third-order valence-electron chi connectivity index (χ3n) is 2.52. The molecule has 0 N–H and O–H groups in total. The zero-order valence-corrected chi connectivity index (χ0v) is 7.43. The van der Waals surface area contributed by atoms with Crippen LogP contribution in [0.4, 0.5) is 0 Å². The van der Waals surface area contributed by atoms with Gasteiger partial charge in [0.2, 0.25) is 0 Å². The summed E-state index contributed by atoms with van der Waals surface area (Å²) in [5.41, 5.74) is 2.12. The molecule has 1 heteroatoms. The van der Waals surface area contributed by atoms with Crippen molar-refractivity contribution in [1.82, 2.24) is 0 Å². The molecular formula is C8H14S. The Balaban J connectivity index is 2.59. The van der Waals surface area contributed by atoms with Crippen molar-refractivity contribution in [3.63, 3.8) is 0 Å². The van der Waals surface area contributed by atoms with Gasteiger partial charge in [0.05, 0.1) is 0 Å². The molecule has 1 unspecified atom stereocenters. The summed E-state index contributed by atoms with van der Waals surface area (Å²) in [5.74, 6) is 0. The van der Waals surface area contributed by atoms with E-state index in [0.717, 1.165) is 0 Å². The van der Waals surface area contributed by atoms with E-state index in [2.05, 4.69) is 27.0 Å². The second-order valence-electron chi connectivity index (χ2n) is 2.84. The molecule has 1 aliphatic rings. The highest BCUT2D eigenvalue weighted by molar-refractivity contribution is 8.02. The molecule has 52 valence electrons. The zero-order valence-electron chi connectivity index (χ0n) is 6.62. The molecule has 9 heavy (non-hydrogen) atoms. The molecule has 0 aromatic rings. The van der Waals surface area contributed by atoms with Crippen molar-refractivity contribution in [3.05, 3.63) is 10.5 Å². The average molecular weight is 142 g/mol. The maximum Gasteiger partial charge on any atom is 0.0198 e. The van der Waals surface area contributed by atoms with Crippen LogP contribution in [0, 0.1) is 5.41 Å². The fourth-order valence-corrected chi connectivity index (χ4v) is 2.58. The average Bonchev–Trinajstić information content (AvgIpc) is 2.38. The van der Waals surface area contributed by atoms with Gasteiger partial charge >= 0.3 is 0 Å². The van der Waals surface area contributed by atoms with E-state index in [1.807, 2.05) is 11.8 Å². The second-order valence-corrected chi connectivity index (χ2v) is 3.66. The van der Waals surface area contributed by atoms with Crippen molar-refractivity contribution in [1.29, 1.82) is 0 Å². The lowest BCUT2D eigenvalue weighted by Gasteiger charge is -2.06. The van der Waals surface area contributed by atoms with Crippen LogP contribution < -0.4 is 0 Å². The van der Waals surface area contributed by atoms with E-state index in [-0.39, 0.29) is 0 Å². The predicted molar refractivity (Wildman–Crippen MR) is 44.6 cm³/mol. The summed E-state index contributed by atoms with van der Waals surface area (Å²) in [6.07, 6.45) is 3.44. The van der Waals surface area contributed by atoms with Gasteiger partial charge in [0.1, 0.15) is 0 Å². The van der Waals surface area contributed by atoms with E-state index in [0.29, 0.717) is 5.41 Å². The number of thioether (sulfide) groups is 1. The molecule has 0 nitrogen and oxygen atoms in total. The Morgan fingerprint density at radius 3 is 2.22 bits per heavy atom. The molecule has 0 saturated heterocycles. The van der Waals surface area contributed by atoms with Crippen LogP contribution in [0.15, 0.2) is 10.5 Å². The van der Waals surface area contributed by atoms with Gasteiger partial charge in [-0.2, -0.15) is 0 Å². The van der Waals surface area contributed by atoms with Gasteiger partial charge < -0.3 is 0 Å². The lowest BCUT2D eigenvalue weighted by molar-refractivity contribution is 0.586. The van der Waals surface area contributed by atoms with E-state index < -0.39 is 0 Å². The number of hydrogen-bond donors (Lipinski definition) is 0. The topological polar surface area (TPSA) is 0 Å². The highest BCUT2D eigenvalue weighted by Crippen LogP contribution is 2.59. The summed E-state index contributed by atoms with van der Waals surface area (Å²) in [4.78, 5) is 1.62. The van der Waals surface area contributed by atoms with Crippen molar-refractivity contribution in [2.24, 2.45) is 5.41 Å². The SMILES string of the molecule is CCC1(C)C(C)=C1SC. The van der Waals surface area contributed by atoms with E-state index >= 15 is 0 Å². The lowest BCUT2D eigenvalue weighted by Crippen LogP contribution is -1.95. The molecular weight excluding hydrogens is 128 g/mol. The fraction of sp³-hybridized carbons (Fsp3) is 0.750. The van der Waals surface area contributed by atoms with Crippen molar-refractivity contribution < 1.29 is 0 Å². The monoisotopic (exact) mass is 142 g/mol.